The van der Waals surface area contributed by atoms with Gasteiger partial charge in [0.1, 0.15) is 0 Å². The minimum atomic E-state index is -2.22. The molecule has 2 rings (SSSR count). The van der Waals surface area contributed by atoms with Crippen molar-refractivity contribution in [3.05, 3.63) is 24.3 Å². The van der Waals surface area contributed by atoms with E-state index < -0.39 is 17.7 Å². The zero-order chi connectivity index (χ0) is 19.9. The van der Waals surface area contributed by atoms with E-state index in [0.717, 1.165) is 12.8 Å². The molecule has 27 heavy (non-hydrogen) atoms. The number of carbonyl (C=O) groups excluding carboxylic acids is 2. The fraction of sp³-hybridized carbons (Fsp3) is 0.619. The predicted octanol–water partition coefficient (Wildman–Crippen LogP) is 4.11. The summed E-state index contributed by atoms with van der Waals surface area (Å²) in [4.78, 5) is 25.4. The molecule has 0 N–H and O–H groups in total. The number of benzene rings is 1. The van der Waals surface area contributed by atoms with Crippen molar-refractivity contribution in [2.24, 2.45) is 11.8 Å². The number of ether oxygens (including phenoxy) is 4. The van der Waals surface area contributed by atoms with Gasteiger partial charge in [0.05, 0.1) is 13.2 Å². The first-order chi connectivity index (χ1) is 12.8. The second-order valence-corrected chi connectivity index (χ2v) is 7.61. The first-order valence-corrected chi connectivity index (χ1v) is 9.66. The van der Waals surface area contributed by atoms with Gasteiger partial charge in [0.25, 0.3) is 0 Å². The summed E-state index contributed by atoms with van der Waals surface area (Å²) in [5, 5.41) is 0. The lowest BCUT2D eigenvalue weighted by Crippen LogP contribution is -2.56. The molecule has 0 amide bonds. The van der Waals surface area contributed by atoms with Crippen LogP contribution in [0.25, 0.3) is 0 Å². The van der Waals surface area contributed by atoms with Crippen LogP contribution in [0.15, 0.2) is 24.3 Å². The molecule has 0 radical (unpaired) electrons. The molecule has 0 spiro atoms. The molecule has 0 saturated heterocycles. The highest BCUT2D eigenvalue weighted by molar-refractivity contribution is 6.03. The first-order valence-electron chi connectivity index (χ1n) is 9.66. The Labute approximate surface area is 161 Å². The van der Waals surface area contributed by atoms with Crippen LogP contribution in [-0.2, 0) is 19.1 Å². The molecule has 0 atom stereocenters. The van der Waals surface area contributed by atoms with E-state index >= 15 is 0 Å². The summed E-state index contributed by atoms with van der Waals surface area (Å²) in [6.07, 6.45) is 3.25. The standard InChI is InChI=1S/C21H30O6/c1-15(2)9-7-13-24-19(22)21(20(23)25-14-8-10-16(3)4)26-17-11-5-6-12-18(17)27-21/h5-6,11-12,15-16H,7-10,13-14H2,1-4H3. The number of fused-ring (bicyclic) bond motifs is 1. The first kappa shape index (κ1) is 21.1. The summed E-state index contributed by atoms with van der Waals surface area (Å²) in [6, 6.07) is 6.74. The predicted molar refractivity (Wildman–Crippen MR) is 100 cm³/mol. The number of para-hydroxylation sites is 2. The average molecular weight is 378 g/mol. The minimum Gasteiger partial charge on any atom is -0.459 e. The molecule has 6 heteroatoms. The van der Waals surface area contributed by atoms with E-state index in [-0.39, 0.29) is 13.2 Å². The van der Waals surface area contributed by atoms with E-state index in [1.807, 2.05) is 0 Å². The van der Waals surface area contributed by atoms with Crippen LogP contribution < -0.4 is 9.47 Å². The van der Waals surface area contributed by atoms with Gasteiger partial charge in [-0.25, -0.2) is 9.59 Å². The Bertz CT molecular complexity index is 582. The molecule has 0 unspecified atom stereocenters. The van der Waals surface area contributed by atoms with Gasteiger partial charge >= 0.3 is 17.7 Å². The maximum atomic E-state index is 12.7. The summed E-state index contributed by atoms with van der Waals surface area (Å²) in [5.74, 6) is -2.34. The average Bonchev–Trinajstić information content (AvgIpc) is 3.02. The van der Waals surface area contributed by atoms with Crippen molar-refractivity contribution in [3.8, 4) is 11.5 Å². The second kappa shape index (κ2) is 9.62. The van der Waals surface area contributed by atoms with Crippen molar-refractivity contribution in [2.75, 3.05) is 13.2 Å². The highest BCUT2D eigenvalue weighted by Gasteiger charge is 2.59. The Balaban J connectivity index is 2.03. The maximum Gasteiger partial charge on any atom is 0.453 e. The smallest absolute Gasteiger partial charge is 0.453 e. The number of hydrogen-bond acceptors (Lipinski definition) is 6. The van der Waals surface area contributed by atoms with E-state index in [2.05, 4.69) is 27.7 Å². The van der Waals surface area contributed by atoms with Gasteiger partial charge < -0.3 is 18.9 Å². The molecule has 0 saturated carbocycles. The summed E-state index contributed by atoms with van der Waals surface area (Å²) < 4.78 is 21.8. The fourth-order valence-electron chi connectivity index (χ4n) is 2.70. The van der Waals surface area contributed by atoms with Crippen LogP contribution in [0.5, 0.6) is 11.5 Å². The van der Waals surface area contributed by atoms with Crippen LogP contribution in [0, 0.1) is 11.8 Å². The molecule has 1 aromatic carbocycles. The molecule has 0 aliphatic carbocycles. The molecule has 1 heterocycles. The van der Waals surface area contributed by atoms with Crippen LogP contribution in [0.2, 0.25) is 0 Å². The van der Waals surface area contributed by atoms with E-state index in [1.165, 1.54) is 0 Å². The summed E-state index contributed by atoms with van der Waals surface area (Å²) in [5.41, 5.74) is 0. The maximum absolute atomic E-state index is 12.7. The van der Waals surface area contributed by atoms with E-state index in [4.69, 9.17) is 18.9 Å². The van der Waals surface area contributed by atoms with Crippen LogP contribution in [0.1, 0.15) is 53.4 Å². The molecule has 1 aliphatic heterocycles. The van der Waals surface area contributed by atoms with Crippen molar-refractivity contribution < 1.29 is 28.5 Å². The molecule has 0 bridgehead atoms. The quantitative estimate of drug-likeness (QED) is 0.347. The van der Waals surface area contributed by atoms with Gasteiger partial charge in [0.15, 0.2) is 11.5 Å². The molecular weight excluding hydrogens is 348 g/mol. The Hall–Kier alpha value is -2.24. The van der Waals surface area contributed by atoms with Gasteiger partial charge in [-0.15, -0.1) is 0 Å². The van der Waals surface area contributed by atoms with Gasteiger partial charge in [-0.2, -0.15) is 0 Å². The van der Waals surface area contributed by atoms with Crippen LogP contribution in [0.4, 0.5) is 0 Å². The highest BCUT2D eigenvalue weighted by atomic mass is 16.8. The Morgan fingerprint density at radius 1 is 0.852 bits per heavy atom. The van der Waals surface area contributed by atoms with Crippen molar-refractivity contribution in [3.63, 3.8) is 0 Å². The van der Waals surface area contributed by atoms with Gasteiger partial charge in [-0.05, 0) is 49.7 Å². The lowest BCUT2D eigenvalue weighted by Gasteiger charge is -2.23. The number of carbonyl (C=O) groups is 2. The van der Waals surface area contributed by atoms with Crippen LogP contribution in [-0.4, -0.2) is 30.9 Å². The van der Waals surface area contributed by atoms with Gasteiger partial charge in [0.2, 0.25) is 0 Å². The molecule has 1 aliphatic rings. The van der Waals surface area contributed by atoms with E-state index in [1.54, 1.807) is 24.3 Å². The third-order valence-electron chi connectivity index (χ3n) is 4.21. The lowest BCUT2D eigenvalue weighted by atomic mass is 10.1. The SMILES string of the molecule is CC(C)CCCOC(=O)C1(C(=O)OCCCC(C)C)Oc2ccccc2O1. The van der Waals surface area contributed by atoms with Gasteiger partial charge in [-0.1, -0.05) is 39.8 Å². The minimum absolute atomic E-state index is 0.197. The topological polar surface area (TPSA) is 71.1 Å². The largest absolute Gasteiger partial charge is 0.459 e. The third kappa shape index (κ3) is 5.62. The fourth-order valence-corrected chi connectivity index (χ4v) is 2.70. The Morgan fingerprint density at radius 2 is 1.26 bits per heavy atom. The van der Waals surface area contributed by atoms with Crippen LogP contribution in [0.3, 0.4) is 0 Å². The zero-order valence-electron chi connectivity index (χ0n) is 16.7. The molecule has 1 aromatic rings. The van der Waals surface area contributed by atoms with Crippen molar-refractivity contribution >= 4 is 11.9 Å². The molecular formula is C21H30O6. The van der Waals surface area contributed by atoms with Crippen molar-refractivity contribution in [1.82, 2.24) is 0 Å². The number of hydrogen-bond donors (Lipinski definition) is 0. The van der Waals surface area contributed by atoms with Gasteiger partial charge in [0, 0.05) is 0 Å². The zero-order valence-corrected chi connectivity index (χ0v) is 16.7. The normalized spacial score (nSPS) is 14.4. The third-order valence-corrected chi connectivity index (χ3v) is 4.21. The molecule has 0 aromatic heterocycles. The Morgan fingerprint density at radius 3 is 1.63 bits per heavy atom. The van der Waals surface area contributed by atoms with Crippen LogP contribution >= 0.6 is 0 Å². The number of rotatable bonds is 10. The van der Waals surface area contributed by atoms with E-state index in [0.29, 0.717) is 36.2 Å². The van der Waals surface area contributed by atoms with Crippen molar-refractivity contribution in [1.29, 1.82) is 0 Å². The monoisotopic (exact) mass is 378 g/mol. The summed E-state index contributed by atoms with van der Waals surface area (Å²) in [7, 11) is 0. The van der Waals surface area contributed by atoms with Gasteiger partial charge in [-0.3, -0.25) is 0 Å². The summed E-state index contributed by atoms with van der Waals surface area (Å²) in [6.45, 7) is 8.77. The van der Waals surface area contributed by atoms with Crippen molar-refractivity contribution in [2.45, 2.75) is 59.2 Å². The number of esters is 2. The Kier molecular flexibility index (Phi) is 7.51. The molecule has 0 fully saturated rings. The lowest BCUT2D eigenvalue weighted by molar-refractivity contribution is -0.202. The summed E-state index contributed by atoms with van der Waals surface area (Å²) >= 11 is 0. The van der Waals surface area contributed by atoms with E-state index in [9.17, 15) is 9.59 Å². The molecule has 6 nitrogen and oxygen atoms in total. The second-order valence-electron chi connectivity index (χ2n) is 7.61. The highest BCUT2D eigenvalue weighted by Crippen LogP contribution is 2.40. The molecule has 150 valence electrons.